The van der Waals surface area contributed by atoms with E-state index in [0.717, 1.165) is 30.6 Å². The molecule has 7 nitrogen and oxygen atoms in total. The number of benzene rings is 1. The summed E-state index contributed by atoms with van der Waals surface area (Å²) in [6.45, 7) is 2.92. The molecule has 0 bridgehead atoms. The molecular weight excluding hydrogens is 344 g/mol. The van der Waals surface area contributed by atoms with Crippen molar-refractivity contribution in [2.75, 3.05) is 13.1 Å². The van der Waals surface area contributed by atoms with E-state index in [9.17, 15) is 14.4 Å². The Morgan fingerprint density at radius 1 is 1.15 bits per heavy atom. The van der Waals surface area contributed by atoms with Crippen molar-refractivity contribution < 1.29 is 14.4 Å². The molecule has 3 N–H and O–H groups in total. The lowest BCUT2D eigenvalue weighted by Crippen LogP contribution is -2.52. The second kappa shape index (κ2) is 7.40. The second-order valence-electron chi connectivity index (χ2n) is 7.75. The lowest BCUT2D eigenvalue weighted by molar-refractivity contribution is -0.136. The van der Waals surface area contributed by atoms with Gasteiger partial charge in [-0.1, -0.05) is 18.6 Å². The van der Waals surface area contributed by atoms with E-state index in [4.69, 9.17) is 5.73 Å². The molecule has 4 rings (SSSR count). The van der Waals surface area contributed by atoms with E-state index in [1.54, 1.807) is 4.90 Å². The maximum Gasteiger partial charge on any atom is 0.255 e. The van der Waals surface area contributed by atoms with Crippen LogP contribution in [-0.2, 0) is 22.7 Å². The molecule has 1 aromatic carbocycles. The van der Waals surface area contributed by atoms with Crippen LogP contribution in [-0.4, -0.2) is 52.7 Å². The van der Waals surface area contributed by atoms with Crippen molar-refractivity contribution in [2.45, 2.75) is 57.3 Å². The highest BCUT2D eigenvalue weighted by atomic mass is 16.2. The van der Waals surface area contributed by atoms with Crippen molar-refractivity contribution in [3.05, 3.63) is 34.9 Å². The molecule has 0 aromatic heterocycles. The first-order valence-corrected chi connectivity index (χ1v) is 9.77. The number of piperidine rings is 2. The largest absolute Gasteiger partial charge is 0.329 e. The Hall–Kier alpha value is -2.25. The zero-order valence-electron chi connectivity index (χ0n) is 15.4. The number of rotatable bonds is 4. The van der Waals surface area contributed by atoms with Gasteiger partial charge in [0.2, 0.25) is 11.8 Å². The summed E-state index contributed by atoms with van der Waals surface area (Å²) in [7, 11) is 0. The van der Waals surface area contributed by atoms with Crippen LogP contribution in [0.3, 0.4) is 0 Å². The minimum absolute atomic E-state index is 0.115. The lowest BCUT2D eigenvalue weighted by Gasteiger charge is -2.35. The van der Waals surface area contributed by atoms with Crippen molar-refractivity contribution in [1.29, 1.82) is 0 Å². The van der Waals surface area contributed by atoms with Crippen LogP contribution in [0.15, 0.2) is 18.2 Å². The van der Waals surface area contributed by atoms with Crippen LogP contribution in [0.4, 0.5) is 0 Å². The molecule has 0 aliphatic carbocycles. The number of carbonyl (C=O) groups is 3. The Kier molecular flexibility index (Phi) is 4.97. The van der Waals surface area contributed by atoms with E-state index in [2.05, 4.69) is 16.3 Å². The third-order valence-electron chi connectivity index (χ3n) is 6.00. The van der Waals surface area contributed by atoms with Crippen molar-refractivity contribution in [3.8, 4) is 0 Å². The number of amides is 3. The van der Waals surface area contributed by atoms with Crippen LogP contribution in [0.2, 0.25) is 0 Å². The number of nitrogens with two attached hydrogens (primary N) is 1. The molecule has 27 heavy (non-hydrogen) atoms. The summed E-state index contributed by atoms with van der Waals surface area (Å²) in [5.41, 5.74) is 8.65. The summed E-state index contributed by atoms with van der Waals surface area (Å²) >= 11 is 0. The predicted molar refractivity (Wildman–Crippen MR) is 99.6 cm³/mol. The summed E-state index contributed by atoms with van der Waals surface area (Å²) in [6, 6.07) is 5.88. The normalized spacial score (nSPS) is 26.3. The smallest absolute Gasteiger partial charge is 0.255 e. The third kappa shape index (κ3) is 3.49. The van der Waals surface area contributed by atoms with Gasteiger partial charge in [-0.15, -0.1) is 0 Å². The molecule has 0 radical (unpaired) electrons. The fourth-order valence-electron chi connectivity index (χ4n) is 4.47. The molecule has 0 spiro atoms. The number of nitrogens with one attached hydrogen (secondary N) is 1. The number of hydrogen-bond acceptors (Lipinski definition) is 5. The van der Waals surface area contributed by atoms with Gasteiger partial charge in [0.1, 0.15) is 6.04 Å². The minimum atomic E-state index is -0.560. The summed E-state index contributed by atoms with van der Waals surface area (Å²) in [5, 5.41) is 2.34. The fourth-order valence-corrected chi connectivity index (χ4v) is 4.47. The molecule has 2 saturated heterocycles. The highest BCUT2D eigenvalue weighted by Crippen LogP contribution is 2.29. The Morgan fingerprint density at radius 3 is 2.78 bits per heavy atom. The summed E-state index contributed by atoms with van der Waals surface area (Å²) < 4.78 is 0. The van der Waals surface area contributed by atoms with Crippen LogP contribution < -0.4 is 11.1 Å². The van der Waals surface area contributed by atoms with Gasteiger partial charge in [0.05, 0.1) is 0 Å². The Morgan fingerprint density at radius 2 is 2.00 bits per heavy atom. The van der Waals surface area contributed by atoms with Gasteiger partial charge < -0.3 is 10.6 Å². The van der Waals surface area contributed by atoms with Gasteiger partial charge >= 0.3 is 0 Å². The molecule has 7 heteroatoms. The molecule has 1 unspecified atom stereocenters. The standard InChI is InChI=1S/C20H26N4O3/c21-10-15-3-1-2-8-23(15)11-13-4-5-14-12-24(20(27)16(14)9-13)17-6-7-18(25)22-19(17)26/h4-5,9,15,17H,1-3,6-8,10-12,21H2,(H,22,25,26)/t15-,17?/m0/s1. The van der Waals surface area contributed by atoms with E-state index in [-0.39, 0.29) is 24.1 Å². The van der Waals surface area contributed by atoms with E-state index >= 15 is 0 Å². The maximum absolute atomic E-state index is 12.9. The number of hydrogen-bond donors (Lipinski definition) is 2. The average molecular weight is 370 g/mol. The molecule has 3 amide bonds. The topological polar surface area (TPSA) is 95.7 Å². The lowest BCUT2D eigenvalue weighted by atomic mass is 10.00. The Labute approximate surface area is 158 Å². The van der Waals surface area contributed by atoms with E-state index in [1.807, 2.05) is 12.1 Å². The SMILES string of the molecule is NC[C@@H]1CCCCN1Cc1ccc2c(c1)C(=O)N(C1CCC(=O)NC1=O)C2. The van der Waals surface area contributed by atoms with Gasteiger partial charge in [-0.3, -0.25) is 24.6 Å². The van der Waals surface area contributed by atoms with Gasteiger partial charge in [0.15, 0.2) is 0 Å². The summed E-state index contributed by atoms with van der Waals surface area (Å²) in [5.74, 6) is -0.749. The van der Waals surface area contributed by atoms with E-state index in [0.29, 0.717) is 31.1 Å². The van der Waals surface area contributed by atoms with E-state index in [1.165, 1.54) is 12.8 Å². The molecule has 2 atom stereocenters. The monoisotopic (exact) mass is 370 g/mol. The highest BCUT2D eigenvalue weighted by Gasteiger charge is 2.39. The predicted octanol–water partition coefficient (Wildman–Crippen LogP) is 0.761. The zero-order chi connectivity index (χ0) is 19.0. The first-order chi connectivity index (χ1) is 13.1. The molecular formula is C20H26N4O3. The van der Waals surface area contributed by atoms with Crippen LogP contribution in [0.1, 0.15) is 53.6 Å². The Bertz CT molecular complexity index is 778. The molecule has 0 saturated carbocycles. The van der Waals surface area contributed by atoms with Crippen LogP contribution in [0, 0.1) is 0 Å². The highest BCUT2D eigenvalue weighted by molar-refractivity contribution is 6.05. The van der Waals surface area contributed by atoms with Crippen LogP contribution in [0.25, 0.3) is 0 Å². The second-order valence-corrected chi connectivity index (χ2v) is 7.75. The van der Waals surface area contributed by atoms with Crippen LogP contribution in [0.5, 0.6) is 0 Å². The zero-order valence-corrected chi connectivity index (χ0v) is 15.4. The molecule has 2 fully saturated rings. The average Bonchev–Trinajstić information content (AvgIpc) is 2.98. The van der Waals surface area contributed by atoms with Crippen molar-refractivity contribution in [2.24, 2.45) is 5.73 Å². The first-order valence-electron chi connectivity index (χ1n) is 9.77. The van der Waals surface area contributed by atoms with Crippen molar-refractivity contribution in [1.82, 2.24) is 15.1 Å². The molecule has 144 valence electrons. The first kappa shape index (κ1) is 18.1. The van der Waals surface area contributed by atoms with Crippen molar-refractivity contribution >= 4 is 17.7 Å². The van der Waals surface area contributed by atoms with Gasteiger partial charge in [-0.2, -0.15) is 0 Å². The van der Waals surface area contributed by atoms with Gasteiger partial charge in [0.25, 0.3) is 5.91 Å². The fraction of sp³-hybridized carbons (Fsp3) is 0.550. The molecule has 1 aromatic rings. The number of nitrogens with zero attached hydrogens (tertiary/aromatic N) is 2. The third-order valence-corrected chi connectivity index (χ3v) is 6.00. The number of imide groups is 1. The number of carbonyl (C=O) groups excluding carboxylic acids is 3. The maximum atomic E-state index is 12.9. The van der Waals surface area contributed by atoms with Gasteiger partial charge in [-0.05, 0) is 43.0 Å². The molecule has 3 aliphatic rings. The van der Waals surface area contributed by atoms with E-state index < -0.39 is 6.04 Å². The quantitative estimate of drug-likeness (QED) is 0.763. The Balaban J connectivity index is 1.49. The number of fused-ring (bicyclic) bond motifs is 1. The minimum Gasteiger partial charge on any atom is -0.329 e. The van der Waals surface area contributed by atoms with Crippen LogP contribution >= 0.6 is 0 Å². The molecule has 3 aliphatic heterocycles. The van der Waals surface area contributed by atoms with Crippen molar-refractivity contribution in [3.63, 3.8) is 0 Å². The molecule has 3 heterocycles. The summed E-state index contributed by atoms with van der Waals surface area (Å²) in [6.07, 6.45) is 4.20. The van der Waals surface area contributed by atoms with Gasteiger partial charge in [0, 0.05) is 37.7 Å². The van der Waals surface area contributed by atoms with Gasteiger partial charge in [-0.25, -0.2) is 0 Å². The summed E-state index contributed by atoms with van der Waals surface area (Å²) in [4.78, 5) is 40.4. The number of likely N-dealkylation sites (tertiary alicyclic amines) is 1.